The summed E-state index contributed by atoms with van der Waals surface area (Å²) in [5, 5.41) is 14.1. The predicted octanol–water partition coefficient (Wildman–Crippen LogP) is 1.29. The number of primary amides is 1. The van der Waals surface area contributed by atoms with Gasteiger partial charge in [-0.3, -0.25) is 14.9 Å². The number of aromatic nitrogens is 3. The van der Waals surface area contributed by atoms with Gasteiger partial charge >= 0.3 is 11.9 Å². The van der Waals surface area contributed by atoms with Crippen molar-refractivity contribution in [3.05, 3.63) is 45.9 Å². The Hall–Kier alpha value is -2.98. The smallest absolute Gasteiger partial charge is 0.365 e. The lowest BCUT2D eigenvalue weighted by molar-refractivity contribution is -0.384. The maximum atomic E-state index is 12.6. The van der Waals surface area contributed by atoms with E-state index in [1.165, 1.54) is 0 Å². The number of hydrogen-bond acceptors (Lipinski definition) is 5. The molecule has 0 atom stereocenters. The third-order valence-corrected chi connectivity index (χ3v) is 2.43. The van der Waals surface area contributed by atoms with E-state index in [-0.39, 0.29) is 5.56 Å². The Kier molecular flexibility index (Phi) is 3.33. The normalized spacial score (nSPS) is 11.4. The summed E-state index contributed by atoms with van der Waals surface area (Å²) in [6.45, 7) is 0. The van der Waals surface area contributed by atoms with Gasteiger partial charge in [0.2, 0.25) is 0 Å². The molecule has 8 nitrogen and oxygen atoms in total. The fraction of sp³-hybridized carbons (Fsp3) is 0.100. The lowest BCUT2D eigenvalue weighted by Gasteiger charge is -2.10. The summed E-state index contributed by atoms with van der Waals surface area (Å²) < 4.78 is 38.6. The molecule has 0 aliphatic carbocycles. The molecule has 0 aliphatic heterocycles. The highest BCUT2D eigenvalue weighted by Crippen LogP contribution is 2.29. The molecule has 1 amide bonds. The molecule has 110 valence electrons. The Morgan fingerprint density at radius 1 is 1.38 bits per heavy atom. The zero-order valence-corrected chi connectivity index (χ0v) is 10.0. The van der Waals surface area contributed by atoms with Gasteiger partial charge < -0.3 is 5.73 Å². The Labute approximate surface area is 114 Å². The van der Waals surface area contributed by atoms with E-state index < -0.39 is 34.2 Å². The van der Waals surface area contributed by atoms with Crippen LogP contribution in [0.25, 0.3) is 5.82 Å². The van der Waals surface area contributed by atoms with Gasteiger partial charge in [-0.25, -0.2) is 9.67 Å². The summed E-state index contributed by atoms with van der Waals surface area (Å²) in [5.74, 6) is -1.57. The molecule has 2 aromatic rings. The number of carbonyl (C=O) groups excluding carboxylic acids is 1. The van der Waals surface area contributed by atoms with E-state index in [4.69, 9.17) is 5.73 Å². The minimum absolute atomic E-state index is 0.346. The fourth-order valence-electron chi connectivity index (χ4n) is 1.50. The van der Waals surface area contributed by atoms with Crippen LogP contribution in [0.1, 0.15) is 16.1 Å². The molecule has 21 heavy (non-hydrogen) atoms. The van der Waals surface area contributed by atoms with Crippen LogP contribution < -0.4 is 5.73 Å². The van der Waals surface area contributed by atoms with Crippen LogP contribution in [0.3, 0.4) is 0 Å². The van der Waals surface area contributed by atoms with Gasteiger partial charge in [-0.15, -0.1) is 0 Å². The third kappa shape index (κ3) is 2.80. The number of nitrogens with two attached hydrogens (primary N) is 1. The summed E-state index contributed by atoms with van der Waals surface area (Å²) in [6.07, 6.45) is -3.11. The number of rotatable bonds is 3. The van der Waals surface area contributed by atoms with E-state index in [1.807, 2.05) is 0 Å². The average Bonchev–Trinajstić information content (AvgIpc) is 2.86. The molecule has 0 spiro atoms. The quantitative estimate of drug-likeness (QED) is 0.677. The largest absolute Gasteiger partial charge is 0.433 e. The van der Waals surface area contributed by atoms with Gasteiger partial charge in [0, 0.05) is 0 Å². The average molecular weight is 301 g/mol. The van der Waals surface area contributed by atoms with Crippen molar-refractivity contribution in [3.8, 4) is 5.82 Å². The number of pyridine rings is 1. The number of nitrogens with zero attached hydrogens (tertiary/aromatic N) is 4. The van der Waals surface area contributed by atoms with Gasteiger partial charge in [-0.05, 0) is 12.1 Å². The predicted molar refractivity (Wildman–Crippen MR) is 61.5 cm³/mol. The summed E-state index contributed by atoms with van der Waals surface area (Å²) in [4.78, 5) is 24.2. The number of nitro groups is 1. The van der Waals surface area contributed by atoms with Crippen molar-refractivity contribution in [3.63, 3.8) is 0 Å². The molecule has 0 aliphatic rings. The van der Waals surface area contributed by atoms with Gasteiger partial charge in [0.15, 0.2) is 5.82 Å². The van der Waals surface area contributed by atoms with Crippen LogP contribution in [-0.2, 0) is 6.18 Å². The molecule has 2 rings (SSSR count). The van der Waals surface area contributed by atoms with Crippen LogP contribution in [0, 0.1) is 10.1 Å². The van der Waals surface area contributed by atoms with Gasteiger partial charge in [0.25, 0.3) is 5.91 Å². The van der Waals surface area contributed by atoms with E-state index in [0.29, 0.717) is 10.7 Å². The van der Waals surface area contributed by atoms with Crippen LogP contribution >= 0.6 is 0 Å². The lowest BCUT2D eigenvalue weighted by Crippen LogP contribution is -2.19. The first-order chi connectivity index (χ1) is 9.70. The zero-order valence-electron chi connectivity index (χ0n) is 10.0. The summed E-state index contributed by atoms with van der Waals surface area (Å²) in [5.41, 5.74) is 2.95. The first kappa shape index (κ1) is 14.4. The van der Waals surface area contributed by atoms with Crippen molar-refractivity contribution >= 4 is 11.6 Å². The van der Waals surface area contributed by atoms with Crippen LogP contribution in [0.15, 0.2) is 24.5 Å². The highest BCUT2D eigenvalue weighted by atomic mass is 19.4. The van der Waals surface area contributed by atoms with E-state index in [0.717, 1.165) is 18.5 Å². The van der Waals surface area contributed by atoms with Gasteiger partial charge in [-0.1, -0.05) is 0 Å². The van der Waals surface area contributed by atoms with Crippen molar-refractivity contribution in [2.24, 2.45) is 5.73 Å². The molecule has 0 bridgehead atoms. The van der Waals surface area contributed by atoms with E-state index in [9.17, 15) is 28.1 Å². The second-order valence-corrected chi connectivity index (χ2v) is 3.83. The fourth-order valence-corrected chi connectivity index (χ4v) is 1.50. The van der Waals surface area contributed by atoms with Crippen LogP contribution in [-0.4, -0.2) is 25.6 Å². The number of halogens is 3. The Bertz CT molecular complexity index is 725. The minimum atomic E-state index is -4.75. The third-order valence-electron chi connectivity index (χ3n) is 2.43. The summed E-state index contributed by atoms with van der Waals surface area (Å²) in [6, 6.07) is 1.42. The Morgan fingerprint density at radius 3 is 2.52 bits per heavy atom. The van der Waals surface area contributed by atoms with Crippen LogP contribution in [0.2, 0.25) is 0 Å². The van der Waals surface area contributed by atoms with Crippen molar-refractivity contribution in [1.82, 2.24) is 14.8 Å². The lowest BCUT2D eigenvalue weighted by atomic mass is 10.2. The molecule has 2 aromatic heterocycles. The maximum Gasteiger partial charge on any atom is 0.433 e. The zero-order chi connectivity index (χ0) is 15.8. The molecule has 2 N–H and O–H groups in total. The van der Waals surface area contributed by atoms with Crippen molar-refractivity contribution in [1.29, 1.82) is 0 Å². The van der Waals surface area contributed by atoms with Gasteiger partial charge in [-0.2, -0.15) is 18.3 Å². The molecular formula is C10H6F3N5O3. The van der Waals surface area contributed by atoms with Crippen LogP contribution in [0.4, 0.5) is 18.9 Å². The first-order valence-electron chi connectivity index (χ1n) is 5.27. The van der Waals surface area contributed by atoms with Crippen molar-refractivity contribution < 1.29 is 22.9 Å². The second kappa shape index (κ2) is 4.85. The topological polar surface area (TPSA) is 117 Å². The number of hydrogen-bond donors (Lipinski definition) is 1. The number of amides is 1. The second-order valence-electron chi connectivity index (χ2n) is 3.83. The summed E-state index contributed by atoms with van der Waals surface area (Å²) in [7, 11) is 0. The molecule has 0 fully saturated rings. The van der Waals surface area contributed by atoms with Crippen molar-refractivity contribution in [2.75, 3.05) is 0 Å². The van der Waals surface area contributed by atoms with Gasteiger partial charge in [0.05, 0.1) is 10.5 Å². The number of alkyl halides is 3. The first-order valence-corrected chi connectivity index (χ1v) is 5.27. The molecule has 0 aromatic carbocycles. The summed E-state index contributed by atoms with van der Waals surface area (Å²) >= 11 is 0. The molecule has 11 heteroatoms. The van der Waals surface area contributed by atoms with Crippen molar-refractivity contribution in [2.45, 2.75) is 6.18 Å². The Balaban J connectivity index is 2.62. The van der Waals surface area contributed by atoms with E-state index in [2.05, 4.69) is 10.1 Å². The minimum Gasteiger partial charge on any atom is -0.365 e. The van der Waals surface area contributed by atoms with Crippen LogP contribution in [0.5, 0.6) is 0 Å². The molecule has 0 radical (unpaired) electrons. The van der Waals surface area contributed by atoms with E-state index >= 15 is 0 Å². The molecule has 2 heterocycles. The SMILES string of the molecule is NC(=O)c1ccc(C(F)(F)F)nc1-n1cc([N+](=O)[O-])cn1. The molecule has 0 saturated carbocycles. The highest BCUT2D eigenvalue weighted by molar-refractivity contribution is 5.95. The highest BCUT2D eigenvalue weighted by Gasteiger charge is 2.34. The van der Waals surface area contributed by atoms with Gasteiger partial charge in [0.1, 0.15) is 18.1 Å². The molecule has 0 unspecified atom stereocenters. The standard InChI is InChI=1S/C10H6F3N5O3/c11-10(12,13)7-2-1-6(8(14)19)9(16-7)17-4-5(3-15-17)18(20)21/h1-4H,(H2,14,19). The molecular weight excluding hydrogens is 295 g/mol. The van der Waals surface area contributed by atoms with E-state index in [1.54, 1.807) is 0 Å². The Morgan fingerprint density at radius 2 is 2.05 bits per heavy atom. The number of carbonyl (C=O) groups is 1. The monoisotopic (exact) mass is 301 g/mol. The maximum absolute atomic E-state index is 12.6. The molecule has 0 saturated heterocycles.